The Morgan fingerprint density at radius 3 is 2.57 bits per heavy atom. The molecule has 1 heterocycles. The number of aromatic carboxylic acids is 1. The van der Waals surface area contributed by atoms with E-state index in [0.717, 1.165) is 15.6 Å². The van der Waals surface area contributed by atoms with E-state index in [4.69, 9.17) is 5.11 Å². The van der Waals surface area contributed by atoms with Crippen LogP contribution < -0.4 is 5.32 Å². The first-order valence-electron chi connectivity index (χ1n) is 6.20. The fourth-order valence-electron chi connectivity index (χ4n) is 1.49. The second kappa shape index (κ2) is 7.01. The Bertz CT molecular complexity index is 621. The fraction of sp³-hybridized carbons (Fsp3) is 0.500. The summed E-state index contributed by atoms with van der Waals surface area (Å²) < 4.78 is 25.4. The molecule has 0 radical (unpaired) electrons. The van der Waals surface area contributed by atoms with Crippen molar-refractivity contribution in [1.82, 2.24) is 9.62 Å². The number of sulfonamides is 1. The first kappa shape index (κ1) is 17.6. The standard InChI is InChI=1S/C12H18N2O5S2/c1-8(2)6-13-10(15)7-14(3)21(18,19)9-4-5-20-11(9)12(16)17/h4-5,8H,6-7H2,1-3H3,(H,13,15)(H,16,17). The normalized spacial score (nSPS) is 11.9. The number of carboxylic acids is 1. The van der Waals surface area contributed by atoms with E-state index in [-0.39, 0.29) is 22.2 Å². The molecule has 1 rings (SSSR count). The number of carbonyl (C=O) groups is 2. The minimum absolute atomic E-state index is 0.256. The predicted molar refractivity (Wildman–Crippen MR) is 78.9 cm³/mol. The Labute approximate surface area is 127 Å². The van der Waals surface area contributed by atoms with Gasteiger partial charge in [0.05, 0.1) is 6.54 Å². The molecule has 0 spiro atoms. The minimum Gasteiger partial charge on any atom is -0.477 e. The number of thiophene rings is 1. The van der Waals surface area contributed by atoms with Gasteiger partial charge in [0.15, 0.2) is 0 Å². The topological polar surface area (TPSA) is 104 Å². The van der Waals surface area contributed by atoms with Crippen LogP contribution in [0.3, 0.4) is 0 Å². The van der Waals surface area contributed by atoms with Gasteiger partial charge in [0, 0.05) is 13.6 Å². The molecule has 2 N–H and O–H groups in total. The van der Waals surface area contributed by atoms with Crippen LogP contribution in [0.4, 0.5) is 0 Å². The van der Waals surface area contributed by atoms with Crippen LogP contribution in [0.25, 0.3) is 0 Å². The second-order valence-electron chi connectivity index (χ2n) is 4.88. The van der Waals surface area contributed by atoms with Crippen molar-refractivity contribution in [2.24, 2.45) is 5.92 Å². The van der Waals surface area contributed by atoms with Gasteiger partial charge in [-0.3, -0.25) is 4.79 Å². The van der Waals surface area contributed by atoms with Crippen LogP contribution in [0.5, 0.6) is 0 Å². The Morgan fingerprint density at radius 2 is 2.05 bits per heavy atom. The highest BCUT2D eigenvalue weighted by Gasteiger charge is 2.28. The highest BCUT2D eigenvalue weighted by atomic mass is 32.2. The number of amides is 1. The average Bonchev–Trinajstić information content (AvgIpc) is 2.86. The van der Waals surface area contributed by atoms with Crippen molar-refractivity contribution >= 4 is 33.2 Å². The second-order valence-corrected chi connectivity index (χ2v) is 7.81. The number of carbonyl (C=O) groups excluding carboxylic acids is 1. The molecule has 1 aromatic rings. The van der Waals surface area contributed by atoms with E-state index in [9.17, 15) is 18.0 Å². The third-order valence-corrected chi connectivity index (χ3v) is 5.46. The van der Waals surface area contributed by atoms with Crippen LogP contribution in [-0.2, 0) is 14.8 Å². The number of hydrogen-bond donors (Lipinski definition) is 2. The van der Waals surface area contributed by atoms with Crippen LogP contribution in [0.1, 0.15) is 23.5 Å². The third kappa shape index (κ3) is 4.51. The van der Waals surface area contributed by atoms with E-state index in [2.05, 4.69) is 5.32 Å². The summed E-state index contributed by atoms with van der Waals surface area (Å²) >= 11 is 0.829. The molecule has 0 atom stereocenters. The molecule has 1 aromatic heterocycles. The van der Waals surface area contributed by atoms with Gasteiger partial charge in [-0.05, 0) is 17.4 Å². The van der Waals surface area contributed by atoms with Gasteiger partial charge in [-0.2, -0.15) is 4.31 Å². The van der Waals surface area contributed by atoms with Crippen molar-refractivity contribution in [1.29, 1.82) is 0 Å². The van der Waals surface area contributed by atoms with E-state index >= 15 is 0 Å². The first-order chi connectivity index (χ1) is 9.66. The van der Waals surface area contributed by atoms with Crippen LogP contribution in [0, 0.1) is 5.92 Å². The lowest BCUT2D eigenvalue weighted by Crippen LogP contribution is -2.39. The summed E-state index contributed by atoms with van der Waals surface area (Å²) in [5.41, 5.74) is 0. The molecule has 0 saturated heterocycles. The number of nitrogens with one attached hydrogen (secondary N) is 1. The molecule has 0 saturated carbocycles. The van der Waals surface area contributed by atoms with E-state index in [1.807, 2.05) is 13.8 Å². The Hall–Kier alpha value is -1.45. The van der Waals surface area contributed by atoms with E-state index < -0.39 is 21.9 Å². The van der Waals surface area contributed by atoms with Gasteiger partial charge in [-0.25, -0.2) is 13.2 Å². The van der Waals surface area contributed by atoms with E-state index in [1.165, 1.54) is 18.5 Å². The number of hydrogen-bond acceptors (Lipinski definition) is 5. The molecule has 0 fully saturated rings. The van der Waals surface area contributed by atoms with Gasteiger partial charge in [-0.15, -0.1) is 11.3 Å². The summed E-state index contributed by atoms with van der Waals surface area (Å²) in [5.74, 6) is -1.48. The largest absolute Gasteiger partial charge is 0.477 e. The molecule has 0 aliphatic rings. The molecule has 0 unspecified atom stereocenters. The van der Waals surface area contributed by atoms with Gasteiger partial charge < -0.3 is 10.4 Å². The molecule has 0 aromatic carbocycles. The smallest absolute Gasteiger partial charge is 0.347 e. The van der Waals surface area contributed by atoms with E-state index in [1.54, 1.807) is 0 Å². The summed E-state index contributed by atoms with van der Waals surface area (Å²) in [6, 6.07) is 1.23. The lowest BCUT2D eigenvalue weighted by Gasteiger charge is -2.17. The zero-order chi connectivity index (χ0) is 16.2. The highest BCUT2D eigenvalue weighted by Crippen LogP contribution is 2.24. The van der Waals surface area contributed by atoms with Crippen molar-refractivity contribution < 1.29 is 23.1 Å². The van der Waals surface area contributed by atoms with Crippen molar-refractivity contribution in [3.63, 3.8) is 0 Å². The molecule has 21 heavy (non-hydrogen) atoms. The number of carboxylic acid groups (broad SMARTS) is 1. The van der Waals surface area contributed by atoms with Gasteiger partial charge in [0.2, 0.25) is 15.9 Å². The van der Waals surface area contributed by atoms with Crippen molar-refractivity contribution in [3.05, 3.63) is 16.3 Å². The SMILES string of the molecule is CC(C)CNC(=O)CN(C)S(=O)(=O)c1ccsc1C(=O)O. The number of likely N-dealkylation sites (N-methyl/N-ethyl adjacent to an activating group) is 1. The summed E-state index contributed by atoms with van der Waals surface area (Å²) in [6.07, 6.45) is 0. The molecule has 1 amide bonds. The fourth-order valence-corrected chi connectivity index (χ4v) is 3.84. The lowest BCUT2D eigenvalue weighted by atomic mass is 10.2. The summed E-state index contributed by atoms with van der Waals surface area (Å²) in [5, 5.41) is 13.0. The monoisotopic (exact) mass is 334 g/mol. The maximum Gasteiger partial charge on any atom is 0.347 e. The van der Waals surface area contributed by atoms with Crippen molar-refractivity contribution in [2.75, 3.05) is 20.1 Å². The molecule has 0 aliphatic heterocycles. The lowest BCUT2D eigenvalue weighted by molar-refractivity contribution is -0.121. The van der Waals surface area contributed by atoms with Crippen LogP contribution >= 0.6 is 11.3 Å². The van der Waals surface area contributed by atoms with Crippen LogP contribution in [0.15, 0.2) is 16.3 Å². The highest BCUT2D eigenvalue weighted by molar-refractivity contribution is 7.89. The van der Waals surface area contributed by atoms with Gasteiger partial charge >= 0.3 is 5.97 Å². The molecule has 118 valence electrons. The molecule has 9 heteroatoms. The Kier molecular flexibility index (Phi) is 5.87. The maximum absolute atomic E-state index is 12.3. The predicted octanol–water partition coefficient (Wildman–Crippen LogP) is 0.839. The van der Waals surface area contributed by atoms with Gasteiger partial charge in [-0.1, -0.05) is 13.8 Å². The Morgan fingerprint density at radius 1 is 1.43 bits per heavy atom. The third-order valence-electron chi connectivity index (χ3n) is 2.59. The molecule has 0 bridgehead atoms. The summed E-state index contributed by atoms with van der Waals surface area (Å²) in [6.45, 7) is 3.94. The van der Waals surface area contributed by atoms with Crippen LogP contribution in [-0.4, -0.2) is 49.8 Å². The van der Waals surface area contributed by atoms with Crippen molar-refractivity contribution in [3.8, 4) is 0 Å². The maximum atomic E-state index is 12.3. The molecule has 7 nitrogen and oxygen atoms in total. The molecular weight excluding hydrogens is 316 g/mol. The van der Waals surface area contributed by atoms with Gasteiger partial charge in [0.25, 0.3) is 0 Å². The van der Waals surface area contributed by atoms with E-state index in [0.29, 0.717) is 6.54 Å². The number of rotatable bonds is 7. The zero-order valence-electron chi connectivity index (χ0n) is 12.0. The molecule has 0 aliphatic carbocycles. The average molecular weight is 334 g/mol. The van der Waals surface area contributed by atoms with Gasteiger partial charge in [0.1, 0.15) is 9.77 Å². The summed E-state index contributed by atoms with van der Waals surface area (Å²) in [4.78, 5) is 22.1. The van der Waals surface area contributed by atoms with Crippen LogP contribution in [0.2, 0.25) is 0 Å². The first-order valence-corrected chi connectivity index (χ1v) is 8.52. The number of nitrogens with zero attached hydrogens (tertiary/aromatic N) is 1. The zero-order valence-corrected chi connectivity index (χ0v) is 13.6. The summed E-state index contributed by atoms with van der Waals surface area (Å²) in [7, 11) is -2.76. The minimum atomic E-state index is -4.00. The van der Waals surface area contributed by atoms with Crippen molar-refractivity contribution in [2.45, 2.75) is 18.7 Å². The quantitative estimate of drug-likeness (QED) is 0.769. The Balaban J connectivity index is 2.85. The molecular formula is C12H18N2O5S2.